The summed E-state index contributed by atoms with van der Waals surface area (Å²) < 4.78 is 6.15. The maximum absolute atomic E-state index is 15.0. The van der Waals surface area contributed by atoms with Crippen molar-refractivity contribution in [1.82, 2.24) is 9.80 Å². The first-order valence-corrected chi connectivity index (χ1v) is 20.5. The number of ketones is 2. The number of phenols is 1. The van der Waals surface area contributed by atoms with E-state index in [0.717, 1.165) is 79.8 Å². The fourth-order valence-corrected chi connectivity index (χ4v) is 9.70. The summed E-state index contributed by atoms with van der Waals surface area (Å²) in [5.74, 6) is 0.00617. The van der Waals surface area contributed by atoms with Crippen LogP contribution in [0.4, 0.5) is 0 Å². The Hall–Kier alpha value is -3.64. The van der Waals surface area contributed by atoms with Crippen molar-refractivity contribution in [3.05, 3.63) is 87.2 Å². The molecule has 294 valence electrons. The Kier molecular flexibility index (Phi) is 13.1. The Bertz CT molecular complexity index is 1780. The van der Waals surface area contributed by atoms with Gasteiger partial charge in [0.05, 0.1) is 7.11 Å². The number of methoxy groups -OCH3 is 1. The van der Waals surface area contributed by atoms with Gasteiger partial charge < -0.3 is 19.6 Å². The average molecular weight is 737 g/mol. The minimum absolute atomic E-state index is 0.0168. The largest absolute Gasteiger partial charge is 0.506 e. The molecule has 1 aromatic carbocycles. The van der Waals surface area contributed by atoms with Crippen LogP contribution in [-0.4, -0.2) is 66.8 Å². The number of carbonyl (C=O) groups excluding carboxylic acids is 2. The van der Waals surface area contributed by atoms with Crippen LogP contribution in [0.3, 0.4) is 0 Å². The molecule has 54 heavy (non-hydrogen) atoms. The Labute approximate surface area is 326 Å². The van der Waals surface area contributed by atoms with E-state index in [1.54, 1.807) is 7.11 Å². The summed E-state index contributed by atoms with van der Waals surface area (Å²) in [6.45, 7) is 25.6. The van der Waals surface area contributed by atoms with E-state index in [4.69, 9.17) is 4.74 Å². The Balaban J connectivity index is 1.47. The van der Waals surface area contributed by atoms with E-state index in [-0.39, 0.29) is 40.1 Å². The number of ether oxygens (including phenoxy) is 1. The molecule has 0 aromatic heterocycles. The topological polar surface area (TPSA) is 70.1 Å². The monoisotopic (exact) mass is 737 g/mol. The number of allylic oxidation sites excluding steroid dienone is 9. The zero-order valence-corrected chi connectivity index (χ0v) is 35.2. The molecule has 5 rings (SSSR count). The fourth-order valence-electron chi connectivity index (χ4n) is 9.70. The molecule has 4 aliphatic rings. The molecule has 3 aliphatic carbocycles. The van der Waals surface area contributed by atoms with E-state index in [1.165, 1.54) is 16.7 Å². The number of piperazine rings is 1. The van der Waals surface area contributed by atoms with Crippen molar-refractivity contribution < 1.29 is 19.4 Å². The summed E-state index contributed by atoms with van der Waals surface area (Å²) in [4.78, 5) is 34.4. The van der Waals surface area contributed by atoms with Crippen LogP contribution in [0.15, 0.2) is 64.9 Å². The quantitative estimate of drug-likeness (QED) is 0.124. The van der Waals surface area contributed by atoms with Crippen molar-refractivity contribution in [3.8, 4) is 11.5 Å². The van der Waals surface area contributed by atoms with E-state index >= 15 is 0 Å². The van der Waals surface area contributed by atoms with Gasteiger partial charge in [0.1, 0.15) is 22.8 Å². The number of fused-ring (bicyclic) bond motifs is 3. The van der Waals surface area contributed by atoms with E-state index in [9.17, 15) is 14.7 Å². The van der Waals surface area contributed by atoms with Crippen molar-refractivity contribution in [3.63, 3.8) is 0 Å². The summed E-state index contributed by atoms with van der Waals surface area (Å²) in [6, 6.07) is 0. The molecule has 5 unspecified atom stereocenters. The molecule has 6 nitrogen and oxygen atoms in total. The molecule has 1 aliphatic heterocycles. The highest BCUT2D eigenvalue weighted by atomic mass is 16.5. The molecule has 1 N–H and O–H groups in total. The van der Waals surface area contributed by atoms with E-state index in [0.29, 0.717) is 37.9 Å². The van der Waals surface area contributed by atoms with Gasteiger partial charge in [0.15, 0.2) is 5.78 Å². The van der Waals surface area contributed by atoms with Gasteiger partial charge in [-0.3, -0.25) is 9.59 Å². The molecule has 5 atom stereocenters. The van der Waals surface area contributed by atoms with Gasteiger partial charge in [-0.25, -0.2) is 0 Å². The Morgan fingerprint density at radius 1 is 1.06 bits per heavy atom. The number of rotatable bonds is 13. The highest BCUT2D eigenvalue weighted by Crippen LogP contribution is 2.53. The van der Waals surface area contributed by atoms with Gasteiger partial charge in [-0.05, 0) is 122 Å². The molecule has 1 saturated heterocycles. The maximum atomic E-state index is 15.0. The van der Waals surface area contributed by atoms with Crippen LogP contribution < -0.4 is 4.74 Å². The van der Waals surface area contributed by atoms with Gasteiger partial charge in [0.25, 0.3) is 0 Å². The number of Topliss-reactive ketones (excluding diaryl/α,β-unsaturated/α-hetero) is 2. The highest BCUT2D eigenvalue weighted by Gasteiger charge is 2.49. The van der Waals surface area contributed by atoms with Crippen LogP contribution in [0.1, 0.15) is 127 Å². The number of hydrogen-bond donors (Lipinski definition) is 1. The number of hydrogen-bond acceptors (Lipinski definition) is 6. The van der Waals surface area contributed by atoms with Gasteiger partial charge in [0, 0.05) is 60.3 Å². The summed E-state index contributed by atoms with van der Waals surface area (Å²) in [5, 5.41) is 12.1. The second-order valence-corrected chi connectivity index (χ2v) is 17.9. The standard InChI is InChI=1S/C48H68N2O4/c1-12-41-35-16-17-36(46(53)48(41,9)23-19-33(6)34(7)50-26-24-49(10)25-27-50)29-37(28-35)43(51)42-44(52)38-20-22-47(8,21-13-14-31(2)3)30-40(38)39(45(42)54-11)18-15-32(4)5/h14-16,19-20,22,36-37,41,52H,7,12-13,17-18,21,23-30H2,1-6,8-11H3/b33-19-. The van der Waals surface area contributed by atoms with E-state index in [2.05, 4.69) is 109 Å². The number of aromatic hydroxyl groups is 1. The second-order valence-electron chi connectivity index (χ2n) is 17.9. The SMILES string of the molecule is C=C(/C(C)=C\CC1(C)C(=O)C2CC=C(CC(C(=O)c3c(O)c4c(c(CC=C(C)C)c3OC)CC(C)(CCC=C(C)C)C=C4)C2)C1CC)N1CCN(C)CC1. The highest BCUT2D eigenvalue weighted by molar-refractivity contribution is 6.05. The molecule has 0 radical (unpaired) electrons. The molecule has 1 heterocycles. The molecule has 0 saturated carbocycles. The van der Waals surface area contributed by atoms with Crippen LogP contribution in [-0.2, 0) is 17.6 Å². The van der Waals surface area contributed by atoms with Crippen molar-refractivity contribution in [2.24, 2.45) is 28.6 Å². The summed E-state index contributed by atoms with van der Waals surface area (Å²) in [7, 11) is 3.78. The van der Waals surface area contributed by atoms with Gasteiger partial charge in [-0.1, -0.05) is 80.5 Å². The van der Waals surface area contributed by atoms with Crippen molar-refractivity contribution in [1.29, 1.82) is 0 Å². The molecule has 0 amide bonds. The van der Waals surface area contributed by atoms with Gasteiger partial charge in [-0.15, -0.1) is 0 Å². The number of phenolic OH excluding ortho intramolecular Hbond substituents is 1. The number of nitrogens with zero attached hydrogens (tertiary/aromatic N) is 2. The zero-order valence-electron chi connectivity index (χ0n) is 35.2. The van der Waals surface area contributed by atoms with Crippen molar-refractivity contribution in [2.75, 3.05) is 40.3 Å². The van der Waals surface area contributed by atoms with Crippen LogP contribution in [0.25, 0.3) is 6.08 Å². The smallest absolute Gasteiger partial charge is 0.173 e. The minimum Gasteiger partial charge on any atom is -0.506 e. The number of benzene rings is 1. The summed E-state index contributed by atoms with van der Waals surface area (Å²) >= 11 is 0. The normalized spacial score (nSPS) is 27.1. The lowest BCUT2D eigenvalue weighted by atomic mass is 9.61. The third-order valence-electron chi connectivity index (χ3n) is 13.2. The van der Waals surface area contributed by atoms with Crippen LogP contribution >= 0.6 is 0 Å². The lowest BCUT2D eigenvalue weighted by molar-refractivity contribution is -0.135. The first-order chi connectivity index (χ1) is 25.5. The predicted octanol–water partition coefficient (Wildman–Crippen LogP) is 10.5. The molecular weight excluding hydrogens is 669 g/mol. The van der Waals surface area contributed by atoms with Crippen LogP contribution in [0.2, 0.25) is 0 Å². The van der Waals surface area contributed by atoms with Crippen molar-refractivity contribution >= 4 is 17.6 Å². The number of carbonyl (C=O) groups is 2. The lowest BCUT2D eigenvalue weighted by Gasteiger charge is -2.41. The van der Waals surface area contributed by atoms with Gasteiger partial charge in [-0.2, -0.15) is 0 Å². The molecule has 0 spiro atoms. The van der Waals surface area contributed by atoms with Gasteiger partial charge >= 0.3 is 0 Å². The average Bonchev–Trinajstić information content (AvgIpc) is 3.40. The van der Waals surface area contributed by atoms with Crippen molar-refractivity contribution in [2.45, 2.75) is 113 Å². The van der Waals surface area contributed by atoms with Gasteiger partial charge in [0.2, 0.25) is 0 Å². The molecule has 1 fully saturated rings. The number of likely N-dealkylation sites (N-methyl/N-ethyl adjacent to an activating group) is 1. The Morgan fingerprint density at radius 3 is 2.37 bits per heavy atom. The molecule has 1 aromatic rings. The minimum atomic E-state index is -0.564. The van der Waals surface area contributed by atoms with E-state index in [1.807, 2.05) is 6.08 Å². The second kappa shape index (κ2) is 17.0. The Morgan fingerprint density at radius 2 is 1.74 bits per heavy atom. The molecular formula is C48H68N2O4. The fraction of sp³-hybridized carbons (Fsp3) is 0.583. The van der Waals surface area contributed by atoms with Crippen LogP contribution in [0, 0.1) is 28.6 Å². The van der Waals surface area contributed by atoms with E-state index < -0.39 is 11.3 Å². The predicted molar refractivity (Wildman–Crippen MR) is 224 cm³/mol. The van der Waals surface area contributed by atoms with Crippen LogP contribution in [0.5, 0.6) is 11.5 Å². The third-order valence-corrected chi connectivity index (χ3v) is 13.2. The first-order valence-electron chi connectivity index (χ1n) is 20.5. The third kappa shape index (κ3) is 8.59. The first kappa shape index (κ1) is 41.5. The molecule has 6 heteroatoms. The lowest BCUT2D eigenvalue weighted by Crippen LogP contribution is -2.44. The maximum Gasteiger partial charge on any atom is 0.173 e. The summed E-state index contributed by atoms with van der Waals surface area (Å²) in [6.07, 6.45) is 19.8. The zero-order chi connectivity index (χ0) is 39.5. The summed E-state index contributed by atoms with van der Waals surface area (Å²) in [5.41, 5.74) is 8.32. The molecule has 2 bridgehead atoms.